The summed E-state index contributed by atoms with van der Waals surface area (Å²) in [6.45, 7) is 7.12. The molecule has 0 unspecified atom stereocenters. The van der Waals surface area contributed by atoms with Crippen molar-refractivity contribution in [1.82, 2.24) is 14.1 Å². The summed E-state index contributed by atoms with van der Waals surface area (Å²) in [7, 11) is -0.845. The highest BCUT2D eigenvalue weighted by molar-refractivity contribution is 7.89. The number of hydrogen-bond donors (Lipinski definition) is 2. The highest BCUT2D eigenvalue weighted by Crippen LogP contribution is 2.31. The summed E-state index contributed by atoms with van der Waals surface area (Å²) in [4.78, 5) is 30.3. The maximum atomic E-state index is 13.7. The van der Waals surface area contributed by atoms with Gasteiger partial charge in [0.2, 0.25) is 15.9 Å². The minimum atomic E-state index is -3.85. The van der Waals surface area contributed by atoms with E-state index in [2.05, 4.69) is 10.2 Å². The number of carbonyl (C=O) groups excluding carboxylic acids is 2. The van der Waals surface area contributed by atoms with Crippen molar-refractivity contribution >= 4 is 27.5 Å². The van der Waals surface area contributed by atoms with Crippen LogP contribution < -0.4 is 14.8 Å². The number of sulfonamides is 1. The van der Waals surface area contributed by atoms with E-state index in [0.29, 0.717) is 37.6 Å². The first-order valence-corrected chi connectivity index (χ1v) is 15.9. The molecule has 13 heteroatoms. The number of ether oxygens (including phenoxy) is 3. The van der Waals surface area contributed by atoms with Crippen molar-refractivity contribution in [2.75, 3.05) is 72.0 Å². The second kappa shape index (κ2) is 14.5. The zero-order chi connectivity index (χ0) is 31.1. The molecule has 2 aromatic carbocycles. The molecule has 1 saturated heterocycles. The lowest BCUT2D eigenvalue weighted by molar-refractivity contribution is -0.116. The van der Waals surface area contributed by atoms with Crippen molar-refractivity contribution in [1.29, 1.82) is 0 Å². The van der Waals surface area contributed by atoms with Gasteiger partial charge in [-0.1, -0.05) is 6.92 Å². The van der Waals surface area contributed by atoms with E-state index in [1.165, 1.54) is 30.6 Å². The van der Waals surface area contributed by atoms with Gasteiger partial charge in [0.1, 0.15) is 17.6 Å². The molecule has 0 radical (unpaired) electrons. The summed E-state index contributed by atoms with van der Waals surface area (Å²) in [5.74, 6) is 0.0246. The zero-order valence-electron chi connectivity index (χ0n) is 25.2. The number of aliphatic hydroxyl groups excluding tert-OH is 1. The molecule has 0 aromatic heterocycles. The quantitative estimate of drug-likeness (QED) is 0.387. The Balaban J connectivity index is 1.55. The van der Waals surface area contributed by atoms with E-state index in [1.807, 2.05) is 6.92 Å². The molecule has 2 aliphatic heterocycles. The first-order valence-electron chi connectivity index (χ1n) is 14.5. The van der Waals surface area contributed by atoms with E-state index in [4.69, 9.17) is 14.2 Å². The number of nitrogens with zero attached hydrogens (tertiary/aromatic N) is 3. The number of rotatable bonds is 11. The molecular weight excluding hydrogens is 576 g/mol. The number of methoxy groups -OCH3 is 1. The highest BCUT2D eigenvalue weighted by atomic mass is 32.2. The molecule has 2 N–H and O–H groups in total. The van der Waals surface area contributed by atoms with Crippen LogP contribution in [0.25, 0.3) is 0 Å². The molecule has 2 amide bonds. The number of morpholine rings is 1. The second-order valence-electron chi connectivity index (χ2n) is 11.0. The summed E-state index contributed by atoms with van der Waals surface area (Å²) < 4.78 is 44.8. The smallest absolute Gasteiger partial charge is 0.258 e. The van der Waals surface area contributed by atoms with E-state index in [1.54, 1.807) is 42.2 Å². The Hall–Kier alpha value is -3.23. The maximum absolute atomic E-state index is 13.7. The first kappa shape index (κ1) is 32.7. The third kappa shape index (κ3) is 8.03. The number of carbonyl (C=O) groups is 2. The Bertz CT molecular complexity index is 1360. The first-order chi connectivity index (χ1) is 20.5. The van der Waals surface area contributed by atoms with Gasteiger partial charge in [-0.15, -0.1) is 0 Å². The van der Waals surface area contributed by atoms with E-state index in [0.717, 1.165) is 13.1 Å². The fraction of sp³-hybridized carbons (Fsp3) is 0.533. The van der Waals surface area contributed by atoms with Crippen LogP contribution in [0.3, 0.4) is 0 Å². The highest BCUT2D eigenvalue weighted by Gasteiger charge is 2.35. The topological polar surface area (TPSA) is 138 Å². The fourth-order valence-corrected chi connectivity index (χ4v) is 6.29. The molecule has 3 atom stereocenters. The molecule has 1 fully saturated rings. The van der Waals surface area contributed by atoms with Crippen molar-refractivity contribution in [3.8, 4) is 11.5 Å². The summed E-state index contributed by atoms with van der Waals surface area (Å²) in [6.07, 6.45) is -0.323. The molecular formula is C30H42N4O8S. The summed E-state index contributed by atoms with van der Waals surface area (Å²) in [5.41, 5.74) is 0.674. The fourth-order valence-electron chi connectivity index (χ4n) is 5.11. The van der Waals surface area contributed by atoms with Gasteiger partial charge in [0.25, 0.3) is 5.91 Å². The predicted octanol–water partition coefficient (Wildman–Crippen LogP) is 1.90. The van der Waals surface area contributed by atoms with Gasteiger partial charge in [0.15, 0.2) is 0 Å². The van der Waals surface area contributed by atoms with Gasteiger partial charge < -0.3 is 29.5 Å². The van der Waals surface area contributed by atoms with Gasteiger partial charge >= 0.3 is 0 Å². The molecule has 4 rings (SSSR count). The number of anilines is 1. The number of nitrogens with one attached hydrogen (secondary N) is 1. The van der Waals surface area contributed by atoms with E-state index < -0.39 is 22.2 Å². The van der Waals surface area contributed by atoms with Gasteiger partial charge in [0, 0.05) is 51.3 Å². The Kier molecular flexibility index (Phi) is 11.0. The largest absolute Gasteiger partial charge is 0.497 e. The average molecular weight is 619 g/mol. The van der Waals surface area contributed by atoms with Crippen LogP contribution in [0.5, 0.6) is 11.5 Å². The Morgan fingerprint density at radius 2 is 1.88 bits per heavy atom. The molecule has 0 bridgehead atoms. The molecule has 2 aromatic rings. The van der Waals surface area contributed by atoms with Crippen LogP contribution in [0, 0.1) is 5.92 Å². The maximum Gasteiger partial charge on any atom is 0.258 e. The normalized spacial score (nSPS) is 20.5. The lowest BCUT2D eigenvalue weighted by Gasteiger charge is -2.38. The summed E-state index contributed by atoms with van der Waals surface area (Å²) in [6, 6.07) is 10.5. The average Bonchev–Trinajstić information content (AvgIpc) is 3.02. The third-order valence-electron chi connectivity index (χ3n) is 7.91. The van der Waals surface area contributed by atoms with Crippen molar-refractivity contribution in [2.45, 2.75) is 37.3 Å². The molecule has 0 saturated carbocycles. The van der Waals surface area contributed by atoms with E-state index in [9.17, 15) is 23.1 Å². The predicted molar refractivity (Wildman–Crippen MR) is 161 cm³/mol. The third-order valence-corrected chi connectivity index (χ3v) is 9.75. The van der Waals surface area contributed by atoms with Gasteiger partial charge in [-0.2, -0.15) is 4.31 Å². The van der Waals surface area contributed by atoms with Crippen LogP contribution in [0.4, 0.5) is 5.69 Å². The molecule has 2 aliphatic rings. The van der Waals surface area contributed by atoms with Crippen molar-refractivity contribution in [3.63, 3.8) is 0 Å². The monoisotopic (exact) mass is 618 g/mol. The van der Waals surface area contributed by atoms with Crippen molar-refractivity contribution in [2.24, 2.45) is 5.92 Å². The summed E-state index contributed by atoms with van der Waals surface area (Å²) >= 11 is 0. The van der Waals surface area contributed by atoms with Crippen molar-refractivity contribution in [3.05, 3.63) is 48.0 Å². The van der Waals surface area contributed by atoms with Crippen molar-refractivity contribution < 1.29 is 37.3 Å². The Morgan fingerprint density at radius 3 is 2.53 bits per heavy atom. The lowest BCUT2D eigenvalue weighted by Crippen LogP contribution is -2.50. The van der Waals surface area contributed by atoms with Gasteiger partial charge in [-0.3, -0.25) is 14.5 Å². The molecule has 2 heterocycles. The molecule has 0 spiro atoms. The summed E-state index contributed by atoms with van der Waals surface area (Å²) in [5, 5.41) is 12.8. The van der Waals surface area contributed by atoms with Crippen LogP contribution in [0.15, 0.2) is 47.4 Å². The zero-order valence-corrected chi connectivity index (χ0v) is 26.0. The minimum Gasteiger partial charge on any atom is -0.497 e. The molecule has 0 aliphatic carbocycles. The number of aliphatic hydroxyl groups is 1. The number of amides is 2. The van der Waals surface area contributed by atoms with Crippen LogP contribution in [0.1, 0.15) is 30.6 Å². The Labute approximate surface area is 253 Å². The number of fused-ring (bicyclic) bond motifs is 1. The molecule has 43 heavy (non-hydrogen) atoms. The number of likely N-dealkylation sites (N-methyl/N-ethyl adjacent to an activating group) is 1. The minimum absolute atomic E-state index is 0.0184. The second-order valence-corrected chi connectivity index (χ2v) is 13.1. The van der Waals surface area contributed by atoms with Gasteiger partial charge in [-0.25, -0.2) is 8.42 Å². The van der Waals surface area contributed by atoms with Gasteiger partial charge in [-0.05, 0) is 49.4 Å². The molecule has 12 nitrogen and oxygen atoms in total. The van der Waals surface area contributed by atoms with E-state index in [-0.39, 0.29) is 53.6 Å². The number of hydrogen-bond acceptors (Lipinski definition) is 9. The Morgan fingerprint density at radius 1 is 1.19 bits per heavy atom. The van der Waals surface area contributed by atoms with Crippen LogP contribution in [-0.4, -0.2) is 118 Å². The number of benzene rings is 2. The standard InChI is InChI=1S/C30H42N4O8S/c1-21-18-34(22(2)20-35)30(37)26-17-23(31-29(36)11-12-33-13-15-41-16-14-33)5-10-27(26)42-28(21)19-32(3)43(38,39)25-8-6-24(40-4)7-9-25/h5-10,17,21-22,28,35H,11-16,18-20H2,1-4H3,(H,31,36)/t21-,22+,28-/m0/s1. The van der Waals surface area contributed by atoms with Crippen LogP contribution in [-0.2, 0) is 19.6 Å². The molecule has 236 valence electrons. The van der Waals surface area contributed by atoms with E-state index >= 15 is 0 Å². The van der Waals surface area contributed by atoms with Gasteiger partial charge in [0.05, 0.1) is 50.0 Å². The van der Waals surface area contributed by atoms with Crippen LogP contribution >= 0.6 is 0 Å². The van der Waals surface area contributed by atoms with Crippen LogP contribution in [0.2, 0.25) is 0 Å². The lowest BCUT2D eigenvalue weighted by atomic mass is 9.99. The SMILES string of the molecule is COc1ccc(S(=O)(=O)N(C)C[C@@H]2Oc3ccc(NC(=O)CCN4CCOCC4)cc3C(=O)N([C@H](C)CO)C[C@@H]2C)cc1.